The third-order valence-corrected chi connectivity index (χ3v) is 6.55. The van der Waals surface area contributed by atoms with Crippen LogP contribution in [0.5, 0.6) is 5.75 Å². The molecule has 4 rings (SSSR count). The number of carbonyl (C=O) groups excluding carboxylic acids is 3. The van der Waals surface area contributed by atoms with E-state index in [1.54, 1.807) is 38.3 Å². The summed E-state index contributed by atoms with van der Waals surface area (Å²) < 4.78 is 5.15. The third kappa shape index (κ3) is 3.02. The number of hydrogen-bond acceptors (Lipinski definition) is 4. The Hall–Kier alpha value is -2.57. The molecule has 1 aromatic carbocycles. The first kappa shape index (κ1) is 18.8. The van der Waals surface area contributed by atoms with Crippen molar-refractivity contribution in [1.29, 1.82) is 0 Å². The molecule has 1 N–H and O–H groups in total. The summed E-state index contributed by atoms with van der Waals surface area (Å²) in [6, 6.07) is 6.78. The normalized spacial score (nSPS) is 27.7. The van der Waals surface area contributed by atoms with Crippen LogP contribution in [0.4, 0.5) is 4.79 Å². The standard InChI is InChI=1S/C21H27N3O4/c1-21(15-8-10-16(28-2)11-9-15)19(26)24(20(27)22-21)13-18(25)23-12-4-7-17(23)14-5-3-6-14/h8-11,14,17H,3-7,12-13H2,1-2H3,(H,22,27). The Morgan fingerprint density at radius 1 is 1.18 bits per heavy atom. The third-order valence-electron chi connectivity index (χ3n) is 6.55. The molecular formula is C21H27N3O4. The molecule has 150 valence electrons. The summed E-state index contributed by atoms with van der Waals surface area (Å²) in [5.41, 5.74) is -0.516. The zero-order chi connectivity index (χ0) is 19.9. The highest BCUT2D eigenvalue weighted by Crippen LogP contribution is 2.37. The van der Waals surface area contributed by atoms with E-state index in [1.165, 1.54) is 19.3 Å². The van der Waals surface area contributed by atoms with E-state index in [4.69, 9.17) is 4.74 Å². The molecule has 2 aliphatic heterocycles. The molecule has 0 radical (unpaired) electrons. The number of nitrogens with one attached hydrogen (secondary N) is 1. The monoisotopic (exact) mass is 385 g/mol. The Morgan fingerprint density at radius 3 is 2.50 bits per heavy atom. The van der Waals surface area contributed by atoms with Crippen LogP contribution in [0.2, 0.25) is 0 Å². The molecule has 2 unspecified atom stereocenters. The quantitative estimate of drug-likeness (QED) is 0.789. The van der Waals surface area contributed by atoms with Crippen molar-refractivity contribution in [3.05, 3.63) is 29.8 Å². The van der Waals surface area contributed by atoms with Crippen LogP contribution in [0.1, 0.15) is 44.6 Å². The van der Waals surface area contributed by atoms with Crippen LogP contribution in [-0.2, 0) is 15.1 Å². The van der Waals surface area contributed by atoms with Gasteiger partial charge < -0.3 is 15.0 Å². The van der Waals surface area contributed by atoms with Crippen LogP contribution in [-0.4, -0.2) is 53.9 Å². The maximum atomic E-state index is 13.1. The van der Waals surface area contributed by atoms with Gasteiger partial charge in [0.2, 0.25) is 5.91 Å². The number of carbonyl (C=O) groups is 3. The Labute approximate surface area is 165 Å². The molecule has 7 nitrogen and oxygen atoms in total. The van der Waals surface area contributed by atoms with Crippen molar-refractivity contribution < 1.29 is 19.1 Å². The number of likely N-dealkylation sites (tertiary alicyclic amines) is 1. The number of amides is 4. The molecule has 0 bridgehead atoms. The summed E-state index contributed by atoms with van der Waals surface area (Å²) in [7, 11) is 1.57. The van der Waals surface area contributed by atoms with Crippen molar-refractivity contribution in [3.63, 3.8) is 0 Å². The second-order valence-corrected chi connectivity index (χ2v) is 8.16. The van der Waals surface area contributed by atoms with Gasteiger partial charge in [-0.25, -0.2) is 4.79 Å². The van der Waals surface area contributed by atoms with E-state index in [0.29, 0.717) is 17.2 Å². The molecule has 4 amide bonds. The summed E-state index contributed by atoms with van der Waals surface area (Å²) in [6.07, 6.45) is 5.60. The highest BCUT2D eigenvalue weighted by molar-refractivity contribution is 6.09. The minimum absolute atomic E-state index is 0.128. The van der Waals surface area contributed by atoms with Crippen LogP contribution < -0.4 is 10.1 Å². The number of urea groups is 1. The Bertz CT molecular complexity index is 789. The van der Waals surface area contributed by atoms with Gasteiger partial charge in [-0.3, -0.25) is 14.5 Å². The number of methoxy groups -OCH3 is 1. The van der Waals surface area contributed by atoms with E-state index in [0.717, 1.165) is 24.3 Å². The van der Waals surface area contributed by atoms with Gasteiger partial charge in [-0.1, -0.05) is 18.6 Å². The number of hydrogen-bond donors (Lipinski definition) is 1. The lowest BCUT2D eigenvalue weighted by Gasteiger charge is -2.37. The van der Waals surface area contributed by atoms with Crippen LogP contribution in [0.25, 0.3) is 0 Å². The first-order valence-electron chi connectivity index (χ1n) is 10.0. The van der Waals surface area contributed by atoms with Gasteiger partial charge in [0.15, 0.2) is 0 Å². The van der Waals surface area contributed by atoms with Gasteiger partial charge >= 0.3 is 6.03 Å². The van der Waals surface area contributed by atoms with Gasteiger partial charge in [-0.15, -0.1) is 0 Å². The SMILES string of the molecule is COc1ccc(C2(C)NC(=O)N(CC(=O)N3CCCC3C3CCC3)C2=O)cc1. The van der Waals surface area contributed by atoms with Crippen molar-refractivity contribution in [2.75, 3.05) is 20.2 Å². The predicted octanol–water partition coefficient (Wildman–Crippen LogP) is 2.25. The van der Waals surface area contributed by atoms with Gasteiger partial charge in [-0.2, -0.15) is 0 Å². The molecule has 3 fully saturated rings. The Kier molecular flexibility index (Phi) is 4.77. The fourth-order valence-electron chi connectivity index (χ4n) is 4.60. The largest absolute Gasteiger partial charge is 0.497 e. The molecule has 1 aromatic rings. The molecule has 3 aliphatic rings. The number of benzene rings is 1. The van der Waals surface area contributed by atoms with Crippen molar-refractivity contribution >= 4 is 17.8 Å². The van der Waals surface area contributed by atoms with Gasteiger partial charge in [0.05, 0.1) is 7.11 Å². The van der Waals surface area contributed by atoms with Crippen molar-refractivity contribution in [1.82, 2.24) is 15.1 Å². The minimum atomic E-state index is -1.18. The molecule has 2 heterocycles. The topological polar surface area (TPSA) is 79.0 Å². The Balaban J connectivity index is 1.48. The summed E-state index contributed by atoms with van der Waals surface area (Å²) in [6.45, 7) is 2.20. The highest BCUT2D eigenvalue weighted by Gasteiger charge is 2.50. The molecule has 0 spiro atoms. The maximum Gasteiger partial charge on any atom is 0.325 e. The smallest absolute Gasteiger partial charge is 0.325 e. The zero-order valence-corrected chi connectivity index (χ0v) is 16.4. The van der Waals surface area contributed by atoms with Gasteiger partial charge in [0.25, 0.3) is 5.91 Å². The molecule has 2 atom stereocenters. The number of imide groups is 1. The first-order valence-corrected chi connectivity index (χ1v) is 10.0. The van der Waals surface area contributed by atoms with Crippen LogP contribution >= 0.6 is 0 Å². The first-order chi connectivity index (χ1) is 13.4. The molecule has 1 aliphatic carbocycles. The van der Waals surface area contributed by atoms with E-state index in [9.17, 15) is 14.4 Å². The summed E-state index contributed by atoms with van der Waals surface area (Å²) >= 11 is 0. The van der Waals surface area contributed by atoms with Crippen LogP contribution in [0.3, 0.4) is 0 Å². The molecule has 0 aromatic heterocycles. The summed E-state index contributed by atoms with van der Waals surface area (Å²) in [5.74, 6) is 0.735. The zero-order valence-electron chi connectivity index (χ0n) is 16.4. The lowest BCUT2D eigenvalue weighted by atomic mass is 9.79. The predicted molar refractivity (Wildman–Crippen MR) is 103 cm³/mol. The van der Waals surface area contributed by atoms with Gasteiger partial charge in [0.1, 0.15) is 17.8 Å². The molecular weight excluding hydrogens is 358 g/mol. The second kappa shape index (κ2) is 7.11. The van der Waals surface area contributed by atoms with Gasteiger partial charge in [0, 0.05) is 12.6 Å². The second-order valence-electron chi connectivity index (χ2n) is 8.16. The lowest BCUT2D eigenvalue weighted by Crippen LogP contribution is -2.48. The summed E-state index contributed by atoms with van der Waals surface area (Å²) in [5, 5.41) is 2.76. The number of nitrogens with zero attached hydrogens (tertiary/aromatic N) is 2. The van der Waals surface area contributed by atoms with Crippen molar-refractivity contribution in [3.8, 4) is 5.75 Å². The highest BCUT2D eigenvalue weighted by atomic mass is 16.5. The molecule has 7 heteroatoms. The average molecular weight is 385 g/mol. The van der Waals surface area contributed by atoms with E-state index in [-0.39, 0.29) is 18.5 Å². The van der Waals surface area contributed by atoms with Crippen molar-refractivity contribution in [2.24, 2.45) is 5.92 Å². The maximum absolute atomic E-state index is 13.1. The Morgan fingerprint density at radius 2 is 1.89 bits per heavy atom. The molecule has 2 saturated heterocycles. The average Bonchev–Trinajstić information content (AvgIpc) is 3.20. The fraction of sp³-hybridized carbons (Fsp3) is 0.571. The van der Waals surface area contributed by atoms with Crippen molar-refractivity contribution in [2.45, 2.75) is 50.6 Å². The molecule has 28 heavy (non-hydrogen) atoms. The van der Waals surface area contributed by atoms with E-state index in [2.05, 4.69) is 5.32 Å². The van der Waals surface area contributed by atoms with E-state index in [1.807, 2.05) is 4.90 Å². The van der Waals surface area contributed by atoms with Crippen LogP contribution in [0.15, 0.2) is 24.3 Å². The fourth-order valence-corrected chi connectivity index (χ4v) is 4.60. The van der Waals surface area contributed by atoms with Gasteiger partial charge in [-0.05, 0) is 56.2 Å². The molecule has 1 saturated carbocycles. The number of rotatable bonds is 5. The lowest BCUT2D eigenvalue weighted by molar-refractivity contribution is -0.140. The minimum Gasteiger partial charge on any atom is -0.497 e. The van der Waals surface area contributed by atoms with Crippen LogP contribution in [0, 0.1) is 5.92 Å². The number of ether oxygens (including phenoxy) is 1. The van der Waals surface area contributed by atoms with E-state index >= 15 is 0 Å². The summed E-state index contributed by atoms with van der Waals surface area (Å²) in [4.78, 5) is 41.5. The van der Waals surface area contributed by atoms with E-state index < -0.39 is 17.5 Å².